The van der Waals surface area contributed by atoms with E-state index in [2.05, 4.69) is 25.5 Å². The Morgan fingerprint density at radius 1 is 1.23 bits per heavy atom. The highest BCUT2D eigenvalue weighted by Gasteiger charge is 2.34. The van der Waals surface area contributed by atoms with Crippen LogP contribution in [0.15, 0.2) is 23.1 Å². The molecule has 10 nitrogen and oxygen atoms in total. The molecule has 0 aliphatic heterocycles. The summed E-state index contributed by atoms with van der Waals surface area (Å²) in [7, 11) is 0.509. The topological polar surface area (TPSA) is 123 Å². The highest BCUT2D eigenvalue weighted by atomic mass is 32.2. The van der Waals surface area contributed by atoms with Crippen LogP contribution in [-0.4, -0.2) is 59.0 Å². The maximum absolute atomic E-state index is 13.0. The largest absolute Gasteiger partial charge is 0.435 e. The van der Waals surface area contributed by atoms with Crippen molar-refractivity contribution in [3.8, 4) is 11.5 Å². The standard InChI is InChI=1S/C17H18F3N7O3S/c1-5-31(29,30)10-6-7-12(26(3)16(28)21-2)23-13(10)15-22-9-8-11(17(18,19)20)24-25-14(9)27(15)4/h6-8H,5H2,1-4H3,(H,21,28). The van der Waals surface area contributed by atoms with Gasteiger partial charge < -0.3 is 9.88 Å². The van der Waals surface area contributed by atoms with Gasteiger partial charge in [0.1, 0.15) is 17.0 Å². The lowest BCUT2D eigenvalue weighted by molar-refractivity contribution is -0.141. The number of halogens is 3. The predicted molar refractivity (Wildman–Crippen MR) is 105 cm³/mol. The molecular weight excluding hydrogens is 439 g/mol. The zero-order chi connectivity index (χ0) is 23.1. The quantitative estimate of drug-likeness (QED) is 0.636. The molecule has 0 aliphatic rings. The summed E-state index contributed by atoms with van der Waals surface area (Å²) in [6.45, 7) is 1.44. The van der Waals surface area contributed by atoms with Crippen LogP contribution >= 0.6 is 0 Å². The Morgan fingerprint density at radius 2 is 1.90 bits per heavy atom. The number of amides is 2. The van der Waals surface area contributed by atoms with Crippen molar-refractivity contribution in [2.75, 3.05) is 24.7 Å². The summed E-state index contributed by atoms with van der Waals surface area (Å²) < 4.78 is 65.5. The molecule has 0 unspecified atom stereocenters. The van der Waals surface area contributed by atoms with Gasteiger partial charge >= 0.3 is 12.2 Å². The fraction of sp³-hybridized carbons (Fsp3) is 0.353. The van der Waals surface area contributed by atoms with Crippen LogP contribution in [0, 0.1) is 0 Å². The average Bonchev–Trinajstić information content (AvgIpc) is 3.07. The summed E-state index contributed by atoms with van der Waals surface area (Å²) in [5, 5.41) is 9.18. The molecule has 0 aromatic carbocycles. The van der Waals surface area contributed by atoms with Crippen molar-refractivity contribution in [3.63, 3.8) is 0 Å². The second kappa shape index (κ2) is 7.76. The Morgan fingerprint density at radius 3 is 2.48 bits per heavy atom. The fourth-order valence-corrected chi connectivity index (χ4v) is 3.82. The van der Waals surface area contributed by atoms with Crippen molar-refractivity contribution in [2.45, 2.75) is 18.0 Å². The van der Waals surface area contributed by atoms with Gasteiger partial charge in [-0.2, -0.15) is 13.2 Å². The van der Waals surface area contributed by atoms with Crippen molar-refractivity contribution in [2.24, 2.45) is 7.05 Å². The lowest BCUT2D eigenvalue weighted by Gasteiger charge is -2.17. The van der Waals surface area contributed by atoms with Crippen LogP contribution < -0.4 is 10.2 Å². The van der Waals surface area contributed by atoms with Crippen LogP contribution in [0.4, 0.5) is 23.8 Å². The maximum atomic E-state index is 13.0. The van der Waals surface area contributed by atoms with E-state index < -0.39 is 27.7 Å². The van der Waals surface area contributed by atoms with Gasteiger partial charge in [0.2, 0.25) is 0 Å². The van der Waals surface area contributed by atoms with Gasteiger partial charge in [-0.05, 0) is 12.1 Å². The van der Waals surface area contributed by atoms with Crippen LogP contribution in [0.25, 0.3) is 22.7 Å². The Bertz CT molecular complexity index is 1270. The van der Waals surface area contributed by atoms with Gasteiger partial charge in [-0.15, -0.1) is 10.2 Å². The predicted octanol–water partition coefficient (Wildman–Crippen LogP) is 2.01. The zero-order valence-electron chi connectivity index (χ0n) is 16.9. The number of fused-ring (bicyclic) bond motifs is 1. The minimum absolute atomic E-state index is 0.00899. The third-order valence-electron chi connectivity index (χ3n) is 4.54. The van der Waals surface area contributed by atoms with Gasteiger partial charge in [-0.3, -0.25) is 4.90 Å². The van der Waals surface area contributed by atoms with Gasteiger partial charge in [0, 0.05) is 27.2 Å². The van der Waals surface area contributed by atoms with Crippen molar-refractivity contribution in [1.82, 2.24) is 30.0 Å². The molecule has 3 rings (SSSR count). The normalized spacial score (nSPS) is 12.2. The molecule has 0 fully saturated rings. The smallest absolute Gasteiger partial charge is 0.341 e. The van der Waals surface area contributed by atoms with Crippen LogP contribution in [0.3, 0.4) is 0 Å². The summed E-state index contributed by atoms with van der Waals surface area (Å²) in [6, 6.07) is 2.85. The van der Waals surface area contributed by atoms with E-state index in [1.165, 1.54) is 44.8 Å². The van der Waals surface area contributed by atoms with Crippen LogP contribution in [-0.2, 0) is 23.1 Å². The molecule has 3 heterocycles. The molecule has 0 bridgehead atoms. The number of urea groups is 1. The van der Waals surface area contributed by atoms with E-state index in [1.54, 1.807) is 0 Å². The number of nitrogens with one attached hydrogen (secondary N) is 1. The van der Waals surface area contributed by atoms with E-state index in [0.29, 0.717) is 0 Å². The first kappa shape index (κ1) is 22.4. The summed E-state index contributed by atoms with van der Waals surface area (Å²) in [5.41, 5.74) is -1.47. The summed E-state index contributed by atoms with van der Waals surface area (Å²) in [5.74, 6) is -0.171. The number of nitrogens with zero attached hydrogens (tertiary/aromatic N) is 6. The lowest BCUT2D eigenvalue weighted by atomic mass is 10.3. The van der Waals surface area contributed by atoms with Crippen LogP contribution in [0.1, 0.15) is 12.6 Å². The average molecular weight is 457 g/mol. The Balaban J connectivity index is 2.30. The molecule has 2 amide bonds. The minimum atomic E-state index is -4.72. The van der Waals surface area contributed by atoms with Crippen molar-refractivity contribution >= 4 is 32.9 Å². The molecule has 0 aliphatic carbocycles. The number of carbonyl (C=O) groups excluding carboxylic acids is 1. The number of hydrogen-bond donors (Lipinski definition) is 1. The molecule has 14 heteroatoms. The molecule has 31 heavy (non-hydrogen) atoms. The van der Waals surface area contributed by atoms with E-state index in [9.17, 15) is 26.4 Å². The first-order valence-corrected chi connectivity index (χ1v) is 10.5. The number of hydrogen-bond acceptors (Lipinski definition) is 7. The Hall–Kier alpha value is -3.29. The molecule has 0 saturated heterocycles. The molecule has 0 radical (unpaired) electrons. The number of pyridine rings is 1. The second-order valence-electron chi connectivity index (χ2n) is 6.46. The highest BCUT2D eigenvalue weighted by molar-refractivity contribution is 7.91. The monoisotopic (exact) mass is 457 g/mol. The first-order chi connectivity index (χ1) is 14.4. The first-order valence-electron chi connectivity index (χ1n) is 8.87. The molecule has 0 saturated carbocycles. The van der Waals surface area contributed by atoms with Crippen molar-refractivity contribution in [3.05, 3.63) is 23.9 Å². The minimum Gasteiger partial charge on any atom is -0.341 e. The van der Waals surface area contributed by atoms with E-state index in [-0.39, 0.29) is 39.1 Å². The summed E-state index contributed by atoms with van der Waals surface area (Å²) >= 11 is 0. The van der Waals surface area contributed by atoms with Gasteiger partial charge in [0.15, 0.2) is 27.0 Å². The number of aryl methyl sites for hydroxylation is 1. The van der Waals surface area contributed by atoms with Crippen molar-refractivity contribution in [1.29, 1.82) is 0 Å². The highest BCUT2D eigenvalue weighted by Crippen LogP contribution is 2.32. The van der Waals surface area contributed by atoms with Gasteiger partial charge in [-0.25, -0.2) is 23.2 Å². The van der Waals surface area contributed by atoms with Crippen molar-refractivity contribution < 1.29 is 26.4 Å². The number of aromatic nitrogens is 5. The van der Waals surface area contributed by atoms with E-state index in [1.807, 2.05) is 0 Å². The number of imidazole rings is 1. The van der Waals surface area contributed by atoms with Crippen LogP contribution in [0.2, 0.25) is 0 Å². The molecule has 1 N–H and O–H groups in total. The van der Waals surface area contributed by atoms with Gasteiger partial charge in [-0.1, -0.05) is 6.92 Å². The number of rotatable bonds is 4. The molecule has 3 aromatic rings. The maximum Gasteiger partial charge on any atom is 0.435 e. The molecule has 0 atom stereocenters. The van der Waals surface area contributed by atoms with E-state index in [0.717, 1.165) is 11.0 Å². The third-order valence-corrected chi connectivity index (χ3v) is 6.30. The SMILES string of the molecule is CCS(=O)(=O)c1ccc(N(C)C(=O)NC)nc1-c1nc2cc(C(F)(F)F)nnc2n1C. The molecule has 3 aromatic heterocycles. The number of carbonyl (C=O) groups is 1. The Kier molecular flexibility index (Phi) is 5.60. The van der Waals surface area contributed by atoms with Crippen LogP contribution in [0.5, 0.6) is 0 Å². The fourth-order valence-electron chi connectivity index (χ4n) is 2.80. The Labute approximate surface area is 175 Å². The van der Waals surface area contributed by atoms with E-state index in [4.69, 9.17) is 0 Å². The van der Waals surface area contributed by atoms with E-state index >= 15 is 0 Å². The molecular formula is C17H18F3N7O3S. The summed E-state index contributed by atoms with van der Waals surface area (Å²) in [6.07, 6.45) is -4.72. The second-order valence-corrected chi connectivity index (χ2v) is 8.71. The summed E-state index contributed by atoms with van der Waals surface area (Å²) in [4.78, 5) is 21.4. The number of anilines is 1. The third kappa shape index (κ3) is 4.02. The van der Waals surface area contributed by atoms with Gasteiger partial charge in [0.05, 0.1) is 10.6 Å². The number of sulfone groups is 1. The van der Waals surface area contributed by atoms with Gasteiger partial charge in [0.25, 0.3) is 0 Å². The number of alkyl halides is 3. The lowest BCUT2D eigenvalue weighted by Crippen LogP contribution is -2.35. The molecule has 166 valence electrons. The zero-order valence-corrected chi connectivity index (χ0v) is 17.7. The molecule has 0 spiro atoms.